The van der Waals surface area contributed by atoms with E-state index in [2.05, 4.69) is 32.3 Å². The van der Waals surface area contributed by atoms with Gasteiger partial charge in [-0.2, -0.15) is 0 Å². The van der Waals surface area contributed by atoms with Crippen molar-refractivity contribution < 1.29 is 9.53 Å². The van der Waals surface area contributed by atoms with Crippen molar-refractivity contribution in [1.29, 1.82) is 0 Å². The molecule has 118 valence electrons. The Labute approximate surface area is 125 Å². The van der Waals surface area contributed by atoms with Crippen LogP contribution in [0.5, 0.6) is 0 Å². The van der Waals surface area contributed by atoms with Crippen molar-refractivity contribution in [2.45, 2.75) is 72.3 Å². The van der Waals surface area contributed by atoms with Crippen LogP contribution in [0, 0.1) is 0 Å². The number of hydrogen-bond acceptors (Lipinski definition) is 3. The predicted octanol–water partition coefficient (Wildman–Crippen LogP) is 4.18. The molecule has 0 N–H and O–H groups in total. The molecule has 0 saturated heterocycles. The van der Waals surface area contributed by atoms with Gasteiger partial charge >= 0.3 is 5.97 Å². The highest BCUT2D eigenvalue weighted by Gasteiger charge is 2.12. The molecule has 0 aliphatic heterocycles. The Morgan fingerprint density at radius 2 is 1.70 bits per heavy atom. The quantitative estimate of drug-likeness (QED) is 0.306. The molecule has 0 fully saturated rings. The molecular weight excluding hydrogens is 250 g/mol. The molecule has 0 saturated carbocycles. The topological polar surface area (TPSA) is 29.5 Å². The number of carbonyl (C=O) groups excluding carboxylic acids is 1. The fourth-order valence-electron chi connectivity index (χ4n) is 2.51. The molecule has 0 aromatic rings. The Bertz CT molecular complexity index is 272. The maximum Gasteiger partial charge on any atom is 0.333 e. The van der Waals surface area contributed by atoms with Gasteiger partial charge in [0, 0.05) is 11.6 Å². The summed E-state index contributed by atoms with van der Waals surface area (Å²) in [5.41, 5.74) is 0.481. The first-order valence-corrected chi connectivity index (χ1v) is 8.13. The summed E-state index contributed by atoms with van der Waals surface area (Å²) in [6, 6.07) is 0.728. The van der Waals surface area contributed by atoms with Crippen LogP contribution in [0.4, 0.5) is 0 Å². The number of nitrogens with zero attached hydrogens (tertiary/aromatic N) is 1. The van der Waals surface area contributed by atoms with Gasteiger partial charge in [0.05, 0.1) is 6.61 Å². The van der Waals surface area contributed by atoms with E-state index in [0.717, 1.165) is 32.0 Å². The normalized spacial score (nSPS) is 12.4. The van der Waals surface area contributed by atoms with Crippen molar-refractivity contribution >= 4 is 5.97 Å². The minimum Gasteiger partial charge on any atom is -0.462 e. The van der Waals surface area contributed by atoms with Crippen molar-refractivity contribution in [2.75, 3.05) is 19.7 Å². The molecule has 0 aliphatic rings. The molecule has 0 rings (SSSR count). The molecule has 1 unspecified atom stereocenters. The third kappa shape index (κ3) is 8.36. The average molecular weight is 283 g/mol. The van der Waals surface area contributed by atoms with Crippen molar-refractivity contribution in [2.24, 2.45) is 0 Å². The molecule has 0 radical (unpaired) electrons. The Kier molecular flexibility index (Phi) is 11.5. The minimum atomic E-state index is -0.266. The zero-order chi connectivity index (χ0) is 15.4. The van der Waals surface area contributed by atoms with Crippen LogP contribution < -0.4 is 0 Å². The summed E-state index contributed by atoms with van der Waals surface area (Å²) in [5, 5.41) is 0. The van der Waals surface area contributed by atoms with Crippen LogP contribution in [0.15, 0.2) is 12.2 Å². The highest BCUT2D eigenvalue weighted by atomic mass is 16.5. The Morgan fingerprint density at radius 3 is 2.20 bits per heavy atom. The van der Waals surface area contributed by atoms with E-state index in [1.54, 1.807) is 6.92 Å². The second kappa shape index (κ2) is 12.0. The first-order valence-electron chi connectivity index (χ1n) is 8.13. The lowest BCUT2D eigenvalue weighted by atomic mass is 10.0. The van der Waals surface area contributed by atoms with Crippen molar-refractivity contribution in [3.63, 3.8) is 0 Å². The summed E-state index contributed by atoms with van der Waals surface area (Å²) in [6.07, 6.45) is 7.10. The minimum absolute atomic E-state index is 0.266. The van der Waals surface area contributed by atoms with Gasteiger partial charge in [0.15, 0.2) is 0 Å². The molecule has 0 bridgehead atoms. The third-order valence-corrected chi connectivity index (χ3v) is 3.81. The molecule has 0 aromatic carbocycles. The van der Waals surface area contributed by atoms with Crippen LogP contribution >= 0.6 is 0 Å². The standard InChI is InChI=1S/C17H33NO2/c1-6-16(18(7-2)8-3)13-11-9-10-12-14-20-17(19)15(4)5/h16H,4,6-14H2,1-3,5H3. The fourth-order valence-corrected chi connectivity index (χ4v) is 2.51. The molecule has 3 heteroatoms. The number of carbonyl (C=O) groups is 1. The molecule has 20 heavy (non-hydrogen) atoms. The lowest BCUT2D eigenvalue weighted by Crippen LogP contribution is -2.34. The lowest BCUT2D eigenvalue weighted by Gasteiger charge is -2.28. The van der Waals surface area contributed by atoms with E-state index < -0.39 is 0 Å². The zero-order valence-electron chi connectivity index (χ0n) is 13.9. The van der Waals surface area contributed by atoms with Crippen LogP contribution in [0.1, 0.15) is 66.2 Å². The second-order valence-electron chi connectivity index (χ2n) is 5.40. The summed E-state index contributed by atoms with van der Waals surface area (Å²) in [5.74, 6) is -0.266. The molecule has 0 amide bonds. The monoisotopic (exact) mass is 283 g/mol. The van der Waals surface area contributed by atoms with Gasteiger partial charge in [0.2, 0.25) is 0 Å². The Balaban J connectivity index is 3.60. The number of ether oxygens (including phenoxy) is 1. The van der Waals surface area contributed by atoms with E-state index in [1.807, 2.05) is 0 Å². The average Bonchev–Trinajstić information content (AvgIpc) is 2.44. The van der Waals surface area contributed by atoms with Gasteiger partial charge in [0.1, 0.15) is 0 Å². The van der Waals surface area contributed by atoms with Gasteiger partial charge in [-0.15, -0.1) is 0 Å². The summed E-state index contributed by atoms with van der Waals surface area (Å²) in [7, 11) is 0. The molecule has 3 nitrogen and oxygen atoms in total. The van der Waals surface area contributed by atoms with Crippen LogP contribution in [0.25, 0.3) is 0 Å². The number of rotatable bonds is 12. The van der Waals surface area contributed by atoms with E-state index in [1.165, 1.54) is 25.7 Å². The molecular formula is C17H33NO2. The van der Waals surface area contributed by atoms with E-state index in [4.69, 9.17) is 4.74 Å². The Morgan fingerprint density at radius 1 is 1.10 bits per heavy atom. The number of hydrogen-bond donors (Lipinski definition) is 0. The first-order chi connectivity index (χ1) is 9.56. The highest BCUT2D eigenvalue weighted by Crippen LogP contribution is 2.13. The summed E-state index contributed by atoms with van der Waals surface area (Å²) in [4.78, 5) is 13.7. The van der Waals surface area contributed by atoms with Crippen molar-refractivity contribution in [3.8, 4) is 0 Å². The van der Waals surface area contributed by atoms with E-state index in [0.29, 0.717) is 12.2 Å². The molecule has 0 aliphatic carbocycles. The zero-order valence-corrected chi connectivity index (χ0v) is 13.9. The second-order valence-corrected chi connectivity index (χ2v) is 5.40. The van der Waals surface area contributed by atoms with Gasteiger partial charge in [-0.3, -0.25) is 0 Å². The first kappa shape index (κ1) is 19.2. The summed E-state index contributed by atoms with van der Waals surface area (Å²) < 4.78 is 5.08. The Hall–Kier alpha value is -0.830. The van der Waals surface area contributed by atoms with Crippen molar-refractivity contribution in [3.05, 3.63) is 12.2 Å². The maximum absolute atomic E-state index is 11.2. The van der Waals surface area contributed by atoms with Gasteiger partial charge in [-0.25, -0.2) is 4.79 Å². The lowest BCUT2D eigenvalue weighted by molar-refractivity contribution is -0.139. The SMILES string of the molecule is C=C(C)C(=O)OCCCCCCC(CC)N(CC)CC. The van der Waals surface area contributed by atoms with Crippen molar-refractivity contribution in [1.82, 2.24) is 4.90 Å². The molecule has 0 spiro atoms. The van der Waals surface area contributed by atoms with Crippen LogP contribution in [-0.4, -0.2) is 36.6 Å². The van der Waals surface area contributed by atoms with Gasteiger partial charge in [0.25, 0.3) is 0 Å². The van der Waals surface area contributed by atoms with Gasteiger partial charge < -0.3 is 9.64 Å². The van der Waals surface area contributed by atoms with E-state index in [9.17, 15) is 4.79 Å². The summed E-state index contributed by atoms with van der Waals surface area (Å²) in [6.45, 7) is 14.8. The summed E-state index contributed by atoms with van der Waals surface area (Å²) >= 11 is 0. The van der Waals surface area contributed by atoms with E-state index >= 15 is 0 Å². The van der Waals surface area contributed by atoms with Gasteiger partial charge in [-0.1, -0.05) is 46.6 Å². The van der Waals surface area contributed by atoms with Crippen LogP contribution in [0.2, 0.25) is 0 Å². The third-order valence-electron chi connectivity index (χ3n) is 3.81. The number of unbranched alkanes of at least 4 members (excludes halogenated alkanes) is 3. The molecule has 0 heterocycles. The predicted molar refractivity (Wildman–Crippen MR) is 85.9 cm³/mol. The number of esters is 1. The maximum atomic E-state index is 11.2. The van der Waals surface area contributed by atoms with Crippen LogP contribution in [0.3, 0.4) is 0 Å². The van der Waals surface area contributed by atoms with Gasteiger partial charge in [-0.05, 0) is 39.3 Å². The van der Waals surface area contributed by atoms with E-state index in [-0.39, 0.29) is 5.97 Å². The smallest absolute Gasteiger partial charge is 0.333 e. The largest absolute Gasteiger partial charge is 0.462 e. The highest BCUT2D eigenvalue weighted by molar-refractivity contribution is 5.86. The fraction of sp³-hybridized carbons (Fsp3) is 0.824. The molecule has 0 aromatic heterocycles. The van der Waals surface area contributed by atoms with Crippen LogP contribution in [-0.2, 0) is 9.53 Å². The molecule has 1 atom stereocenters.